The Morgan fingerprint density at radius 2 is 1.77 bits per heavy atom. The van der Waals surface area contributed by atoms with Gasteiger partial charge in [0.25, 0.3) is 5.82 Å². The number of quaternary nitrogens is 1. The van der Waals surface area contributed by atoms with Crippen LogP contribution in [0.2, 0.25) is 0 Å². The number of nitrogens with one attached hydrogen (secondary N) is 2. The maximum atomic E-state index is 3.34. The second-order valence-electron chi connectivity index (χ2n) is 6.56. The second kappa shape index (κ2) is 6.93. The summed E-state index contributed by atoms with van der Waals surface area (Å²) in [5, 5.41) is 0. The minimum atomic E-state index is 0.618. The van der Waals surface area contributed by atoms with Gasteiger partial charge >= 0.3 is 0 Å². The van der Waals surface area contributed by atoms with Gasteiger partial charge in [-0.3, -0.25) is 4.90 Å². The molecule has 0 unspecified atom stereocenters. The number of aromatic nitrogens is 1. The molecule has 1 aliphatic heterocycles. The van der Waals surface area contributed by atoms with E-state index in [0.717, 1.165) is 19.6 Å². The molecular formula is C19H27N3+2. The number of aromatic amines is 1. The molecular weight excluding hydrogens is 270 g/mol. The lowest BCUT2D eigenvalue weighted by molar-refractivity contribution is -0.914. The van der Waals surface area contributed by atoms with Crippen LogP contribution in [-0.2, 0) is 6.54 Å². The van der Waals surface area contributed by atoms with E-state index in [4.69, 9.17) is 0 Å². The van der Waals surface area contributed by atoms with E-state index in [2.05, 4.69) is 60.1 Å². The lowest BCUT2D eigenvalue weighted by atomic mass is 10.0. The molecule has 116 valence electrons. The summed E-state index contributed by atoms with van der Waals surface area (Å²) < 4.78 is 0. The Morgan fingerprint density at radius 3 is 2.36 bits per heavy atom. The number of rotatable bonds is 4. The monoisotopic (exact) mass is 297 g/mol. The van der Waals surface area contributed by atoms with Crippen LogP contribution in [-0.4, -0.2) is 26.2 Å². The maximum Gasteiger partial charge on any atom is 0.274 e. The van der Waals surface area contributed by atoms with Crippen LogP contribution in [0.4, 0.5) is 5.82 Å². The van der Waals surface area contributed by atoms with Crippen LogP contribution in [0, 0.1) is 0 Å². The molecule has 0 bridgehead atoms. The van der Waals surface area contributed by atoms with Crippen molar-refractivity contribution in [3.63, 3.8) is 0 Å². The van der Waals surface area contributed by atoms with Crippen LogP contribution >= 0.6 is 0 Å². The Bertz CT molecular complexity index is 569. The number of hydrogen-bond acceptors (Lipinski definition) is 1. The second-order valence-corrected chi connectivity index (χ2v) is 6.56. The Balaban J connectivity index is 1.53. The fraction of sp³-hybridized carbons (Fsp3) is 0.421. The van der Waals surface area contributed by atoms with Crippen molar-refractivity contribution >= 4 is 5.82 Å². The topological polar surface area (TPSA) is 21.8 Å². The van der Waals surface area contributed by atoms with E-state index in [0.29, 0.717) is 5.92 Å². The molecule has 0 amide bonds. The highest BCUT2D eigenvalue weighted by Crippen LogP contribution is 2.14. The molecule has 0 aliphatic carbocycles. The fourth-order valence-corrected chi connectivity index (χ4v) is 3.13. The van der Waals surface area contributed by atoms with Gasteiger partial charge in [0.05, 0.1) is 6.20 Å². The van der Waals surface area contributed by atoms with Crippen LogP contribution in [0.3, 0.4) is 0 Å². The first kappa shape index (κ1) is 15.0. The maximum absolute atomic E-state index is 3.34. The summed E-state index contributed by atoms with van der Waals surface area (Å²) in [4.78, 5) is 7.47. The number of benzene rings is 1. The number of anilines is 1. The molecule has 0 radical (unpaired) electrons. The fourth-order valence-electron chi connectivity index (χ4n) is 3.13. The third kappa shape index (κ3) is 3.66. The highest BCUT2D eigenvalue weighted by molar-refractivity contribution is 5.32. The molecule has 2 heterocycles. The summed E-state index contributed by atoms with van der Waals surface area (Å²) >= 11 is 0. The molecule has 3 rings (SSSR count). The number of nitrogens with zero attached hydrogens (tertiary/aromatic N) is 1. The van der Waals surface area contributed by atoms with Gasteiger partial charge in [0, 0.05) is 11.6 Å². The Morgan fingerprint density at radius 1 is 1.05 bits per heavy atom. The molecule has 1 saturated heterocycles. The average Bonchev–Trinajstić information content (AvgIpc) is 2.57. The summed E-state index contributed by atoms with van der Waals surface area (Å²) in [7, 11) is 0. The van der Waals surface area contributed by atoms with E-state index in [1.54, 1.807) is 4.90 Å². The quantitative estimate of drug-likeness (QED) is 0.908. The molecule has 0 atom stereocenters. The highest BCUT2D eigenvalue weighted by Gasteiger charge is 2.25. The first-order valence-corrected chi connectivity index (χ1v) is 8.36. The largest absolute Gasteiger partial charge is 0.325 e. The predicted molar refractivity (Wildman–Crippen MR) is 90.1 cm³/mol. The molecule has 1 fully saturated rings. The van der Waals surface area contributed by atoms with Gasteiger partial charge in [0.2, 0.25) is 0 Å². The van der Waals surface area contributed by atoms with Crippen molar-refractivity contribution < 1.29 is 9.88 Å². The van der Waals surface area contributed by atoms with Crippen molar-refractivity contribution in [2.24, 2.45) is 0 Å². The van der Waals surface area contributed by atoms with E-state index in [-0.39, 0.29) is 0 Å². The smallest absolute Gasteiger partial charge is 0.274 e. The lowest BCUT2D eigenvalue weighted by Crippen LogP contribution is -3.13. The standard InChI is InChI=1S/C19H25N3/c1-16(2)18-8-6-17(7-9-18)15-21-11-13-22(14-12-21)19-5-3-4-10-20-19/h3-10,16H,11-15H2,1-2H3/p+2. The zero-order valence-electron chi connectivity index (χ0n) is 13.7. The molecule has 2 N–H and O–H groups in total. The lowest BCUT2D eigenvalue weighted by Gasteiger charge is -2.28. The summed E-state index contributed by atoms with van der Waals surface area (Å²) in [6.07, 6.45) is 2.00. The van der Waals surface area contributed by atoms with E-state index >= 15 is 0 Å². The first-order chi connectivity index (χ1) is 10.7. The molecule has 3 heteroatoms. The van der Waals surface area contributed by atoms with Crippen molar-refractivity contribution in [2.75, 3.05) is 31.1 Å². The van der Waals surface area contributed by atoms with E-state index in [1.807, 2.05) is 12.3 Å². The van der Waals surface area contributed by atoms with Gasteiger partial charge in [0.1, 0.15) is 32.7 Å². The van der Waals surface area contributed by atoms with E-state index in [1.165, 1.54) is 30.0 Å². The Labute approximate surface area is 133 Å². The number of piperazine rings is 1. The van der Waals surface area contributed by atoms with Crippen LogP contribution in [0.15, 0.2) is 48.7 Å². The summed E-state index contributed by atoms with van der Waals surface area (Å²) in [6.45, 7) is 10.3. The SMILES string of the molecule is CC(C)c1ccc(C[NH+]2CCN(c3cccc[nH+]3)CC2)cc1. The predicted octanol–water partition coefficient (Wildman–Crippen LogP) is 1.53. The molecule has 22 heavy (non-hydrogen) atoms. The van der Waals surface area contributed by atoms with E-state index < -0.39 is 0 Å². The van der Waals surface area contributed by atoms with Crippen molar-refractivity contribution in [3.05, 3.63) is 59.8 Å². The first-order valence-electron chi connectivity index (χ1n) is 8.36. The Kier molecular flexibility index (Phi) is 4.74. The Hall–Kier alpha value is -1.87. The minimum absolute atomic E-state index is 0.618. The zero-order chi connectivity index (χ0) is 15.4. The number of H-pyrrole nitrogens is 1. The third-order valence-corrected chi connectivity index (χ3v) is 4.60. The van der Waals surface area contributed by atoms with Crippen LogP contribution in [0.25, 0.3) is 0 Å². The van der Waals surface area contributed by atoms with Gasteiger partial charge in [-0.05, 0) is 17.5 Å². The molecule has 0 saturated carbocycles. The van der Waals surface area contributed by atoms with Crippen molar-refractivity contribution in [3.8, 4) is 0 Å². The van der Waals surface area contributed by atoms with Gasteiger partial charge in [-0.15, -0.1) is 0 Å². The molecule has 1 aliphatic rings. The highest BCUT2D eigenvalue weighted by atomic mass is 15.3. The van der Waals surface area contributed by atoms with Crippen molar-refractivity contribution in [1.82, 2.24) is 0 Å². The number of pyridine rings is 1. The molecule has 0 spiro atoms. The summed E-state index contributed by atoms with van der Waals surface area (Å²) in [5.41, 5.74) is 2.89. The van der Waals surface area contributed by atoms with Crippen molar-refractivity contribution in [2.45, 2.75) is 26.3 Å². The van der Waals surface area contributed by atoms with Crippen molar-refractivity contribution in [1.29, 1.82) is 0 Å². The normalized spacial score (nSPS) is 16.2. The molecule has 2 aromatic rings. The van der Waals surface area contributed by atoms with Crippen LogP contribution in [0.5, 0.6) is 0 Å². The van der Waals surface area contributed by atoms with E-state index in [9.17, 15) is 0 Å². The van der Waals surface area contributed by atoms with Crippen LogP contribution < -0.4 is 14.8 Å². The summed E-state index contributed by atoms with van der Waals surface area (Å²) in [6, 6.07) is 15.5. The third-order valence-electron chi connectivity index (χ3n) is 4.60. The average molecular weight is 297 g/mol. The van der Waals surface area contributed by atoms with Gasteiger partial charge in [-0.2, -0.15) is 0 Å². The minimum Gasteiger partial charge on any atom is -0.325 e. The number of hydrogen-bond donors (Lipinski definition) is 1. The van der Waals surface area contributed by atoms with Gasteiger partial charge in [-0.1, -0.05) is 44.2 Å². The van der Waals surface area contributed by atoms with Gasteiger partial charge < -0.3 is 4.90 Å². The summed E-state index contributed by atoms with van der Waals surface area (Å²) in [5.74, 6) is 1.86. The van der Waals surface area contributed by atoms with Crippen LogP contribution in [0.1, 0.15) is 30.9 Å². The van der Waals surface area contributed by atoms with Gasteiger partial charge in [0.15, 0.2) is 0 Å². The van der Waals surface area contributed by atoms with Gasteiger partial charge in [-0.25, -0.2) is 4.98 Å². The molecule has 1 aromatic carbocycles. The molecule has 3 nitrogen and oxygen atoms in total. The zero-order valence-corrected chi connectivity index (χ0v) is 13.7. The molecule has 1 aromatic heterocycles.